The van der Waals surface area contributed by atoms with E-state index in [4.69, 9.17) is 15.0 Å². The number of H-pyrrole nitrogens is 2. The van der Waals surface area contributed by atoms with Gasteiger partial charge in [0.05, 0.1) is 35.1 Å². The fourth-order valence-electron chi connectivity index (χ4n) is 6.82. The molecule has 4 N–H and O–H groups in total. The minimum Gasteiger partial charge on any atom is -0.378 e. The van der Waals surface area contributed by atoms with Crippen LogP contribution in [0.5, 0.6) is 0 Å². The summed E-state index contributed by atoms with van der Waals surface area (Å²) in [7, 11) is 0. The summed E-state index contributed by atoms with van der Waals surface area (Å²) >= 11 is 0. The SMILES string of the molecule is CCN1CCN(c2cc3c(C#N)c[nH]c(=O)c3c(Nc3ccc(N4CCOCC4)cc3)n2)CC1.N#Cc1cnc(NCc2ccccc2)c2c(=O)[nH]ccc12. The van der Waals surface area contributed by atoms with Crippen molar-refractivity contribution < 1.29 is 4.74 Å². The quantitative estimate of drug-likeness (QED) is 0.166. The monoisotopic (exact) mass is 735 g/mol. The fraction of sp³-hybridized carbons (Fsp3) is 0.268. The average molecular weight is 736 g/mol. The molecule has 0 spiro atoms. The lowest BCUT2D eigenvalue weighted by Crippen LogP contribution is -2.46. The molecule has 278 valence electrons. The van der Waals surface area contributed by atoms with Gasteiger partial charge in [0.15, 0.2) is 0 Å². The maximum absolute atomic E-state index is 12.8. The number of nitrogens with one attached hydrogen (secondary N) is 4. The second kappa shape index (κ2) is 16.9. The maximum Gasteiger partial charge on any atom is 0.259 e. The minimum atomic E-state index is -0.267. The van der Waals surface area contributed by atoms with E-state index in [0.29, 0.717) is 50.9 Å². The Balaban J connectivity index is 0.000000190. The Hall–Kier alpha value is -6.74. The van der Waals surface area contributed by atoms with Gasteiger partial charge in [0, 0.05) is 86.6 Å². The molecule has 2 aromatic carbocycles. The van der Waals surface area contributed by atoms with E-state index in [9.17, 15) is 14.9 Å². The molecule has 0 atom stereocenters. The van der Waals surface area contributed by atoms with Gasteiger partial charge in [-0.15, -0.1) is 0 Å². The van der Waals surface area contributed by atoms with Gasteiger partial charge in [-0.05, 0) is 48.5 Å². The Morgan fingerprint density at radius 3 is 2.22 bits per heavy atom. The van der Waals surface area contributed by atoms with E-state index in [0.717, 1.165) is 81.8 Å². The Morgan fingerprint density at radius 2 is 1.51 bits per heavy atom. The molecule has 2 aliphatic heterocycles. The number of nitrogens with zero attached hydrogens (tertiary/aromatic N) is 7. The number of anilines is 5. The molecule has 0 saturated carbocycles. The Morgan fingerprint density at radius 1 is 0.800 bits per heavy atom. The van der Waals surface area contributed by atoms with Crippen LogP contribution >= 0.6 is 0 Å². The van der Waals surface area contributed by atoms with E-state index in [1.165, 1.54) is 18.6 Å². The van der Waals surface area contributed by atoms with Gasteiger partial charge in [-0.3, -0.25) is 9.59 Å². The Bertz CT molecular complexity index is 2470. The number of rotatable bonds is 8. The molecule has 6 heterocycles. The van der Waals surface area contributed by atoms with Crippen molar-refractivity contribution in [1.82, 2.24) is 24.8 Å². The van der Waals surface area contributed by atoms with Crippen molar-refractivity contribution in [2.75, 3.05) is 79.5 Å². The first kappa shape index (κ1) is 36.6. The molecule has 0 amide bonds. The third kappa shape index (κ3) is 8.26. The van der Waals surface area contributed by atoms with E-state index < -0.39 is 0 Å². The lowest BCUT2D eigenvalue weighted by molar-refractivity contribution is 0.122. The third-order valence-corrected chi connectivity index (χ3v) is 9.87. The zero-order valence-corrected chi connectivity index (χ0v) is 30.5. The smallest absolute Gasteiger partial charge is 0.259 e. The van der Waals surface area contributed by atoms with Crippen LogP contribution in [0.25, 0.3) is 21.5 Å². The summed E-state index contributed by atoms with van der Waals surface area (Å²) in [5, 5.41) is 27.3. The van der Waals surface area contributed by atoms with Gasteiger partial charge < -0.3 is 40.0 Å². The molecule has 0 unspecified atom stereocenters. The first-order valence-electron chi connectivity index (χ1n) is 18.3. The van der Waals surface area contributed by atoms with Gasteiger partial charge in [0.2, 0.25) is 0 Å². The summed E-state index contributed by atoms with van der Waals surface area (Å²) in [4.78, 5) is 46.1. The molecule has 2 aliphatic rings. The molecule has 2 saturated heterocycles. The molecule has 4 aromatic heterocycles. The van der Waals surface area contributed by atoms with Crippen LogP contribution in [0.3, 0.4) is 0 Å². The van der Waals surface area contributed by atoms with Crippen molar-refractivity contribution in [3.8, 4) is 12.1 Å². The van der Waals surface area contributed by atoms with E-state index >= 15 is 0 Å². The second-order valence-electron chi connectivity index (χ2n) is 13.2. The largest absolute Gasteiger partial charge is 0.378 e. The summed E-state index contributed by atoms with van der Waals surface area (Å²) in [6.45, 7) is 10.6. The van der Waals surface area contributed by atoms with Gasteiger partial charge in [-0.1, -0.05) is 37.3 Å². The van der Waals surface area contributed by atoms with Crippen LogP contribution in [-0.4, -0.2) is 83.9 Å². The lowest BCUT2D eigenvalue weighted by atomic mass is 10.1. The highest BCUT2D eigenvalue weighted by Gasteiger charge is 2.21. The van der Waals surface area contributed by atoms with E-state index in [1.807, 2.05) is 48.5 Å². The highest BCUT2D eigenvalue weighted by atomic mass is 16.5. The van der Waals surface area contributed by atoms with Crippen LogP contribution in [0.2, 0.25) is 0 Å². The predicted octanol–water partition coefficient (Wildman–Crippen LogP) is 4.92. The molecular weight excluding hydrogens is 695 g/mol. The van der Waals surface area contributed by atoms with Crippen LogP contribution in [0.1, 0.15) is 23.6 Å². The number of aromatic nitrogens is 4. The fourth-order valence-corrected chi connectivity index (χ4v) is 6.82. The normalized spacial score (nSPS) is 14.5. The molecule has 14 heteroatoms. The molecular formula is C41H41N11O3. The van der Waals surface area contributed by atoms with Crippen molar-refractivity contribution in [2.24, 2.45) is 0 Å². The van der Waals surface area contributed by atoms with Gasteiger partial charge >= 0.3 is 0 Å². The van der Waals surface area contributed by atoms with Gasteiger partial charge in [-0.25, -0.2) is 9.97 Å². The number of likely N-dealkylation sites (N-methyl/N-ethyl adjacent to an activating group) is 1. The number of hydrogen-bond donors (Lipinski definition) is 4. The van der Waals surface area contributed by atoms with Crippen molar-refractivity contribution >= 4 is 50.4 Å². The zero-order valence-electron chi connectivity index (χ0n) is 30.5. The highest BCUT2D eigenvalue weighted by Crippen LogP contribution is 2.30. The van der Waals surface area contributed by atoms with Crippen molar-refractivity contribution in [3.05, 3.63) is 123 Å². The van der Waals surface area contributed by atoms with Crippen LogP contribution < -0.4 is 31.6 Å². The maximum atomic E-state index is 12.8. The molecule has 0 bridgehead atoms. The van der Waals surface area contributed by atoms with Gasteiger partial charge in [0.25, 0.3) is 11.1 Å². The number of benzene rings is 2. The van der Waals surface area contributed by atoms with Gasteiger partial charge in [-0.2, -0.15) is 10.5 Å². The number of morpholine rings is 1. The van der Waals surface area contributed by atoms with Crippen molar-refractivity contribution in [2.45, 2.75) is 13.5 Å². The van der Waals surface area contributed by atoms with Crippen LogP contribution in [0, 0.1) is 22.7 Å². The van der Waals surface area contributed by atoms with Crippen LogP contribution in [0.15, 0.2) is 94.9 Å². The number of pyridine rings is 4. The van der Waals surface area contributed by atoms with Gasteiger partial charge in [0.1, 0.15) is 29.6 Å². The summed E-state index contributed by atoms with van der Waals surface area (Å²) in [5.74, 6) is 1.72. The number of fused-ring (bicyclic) bond motifs is 2. The number of aromatic amines is 2. The first-order chi connectivity index (χ1) is 26.9. The average Bonchev–Trinajstić information content (AvgIpc) is 3.24. The zero-order chi connectivity index (χ0) is 38.1. The molecule has 0 radical (unpaired) electrons. The molecule has 55 heavy (non-hydrogen) atoms. The predicted molar refractivity (Wildman–Crippen MR) is 215 cm³/mol. The lowest BCUT2D eigenvalue weighted by Gasteiger charge is -2.35. The van der Waals surface area contributed by atoms with Crippen LogP contribution in [-0.2, 0) is 11.3 Å². The topological polar surface area (TPSA) is 182 Å². The summed E-state index contributed by atoms with van der Waals surface area (Å²) < 4.78 is 5.44. The Labute approximate surface area is 317 Å². The molecule has 0 aliphatic carbocycles. The number of nitriles is 2. The summed E-state index contributed by atoms with van der Waals surface area (Å²) in [6, 6.07) is 25.8. The molecule has 14 nitrogen and oxygen atoms in total. The number of ether oxygens (including phenoxy) is 1. The molecule has 8 rings (SSSR count). The van der Waals surface area contributed by atoms with Crippen LogP contribution in [0.4, 0.5) is 28.8 Å². The first-order valence-corrected chi connectivity index (χ1v) is 18.3. The highest BCUT2D eigenvalue weighted by molar-refractivity contribution is 5.98. The summed E-state index contributed by atoms with van der Waals surface area (Å²) in [6.07, 6.45) is 4.49. The standard InChI is InChI=1S/C25H29N7O2.C16H12N4O/c1-2-30-7-9-32(10-8-30)22-15-21-18(16-26)17-27-25(33)23(21)24(29-22)28-19-3-5-20(6-4-19)31-11-13-34-14-12-31;17-8-12-10-20-15(14-13(12)6-7-18-16(14)21)19-9-11-4-2-1-3-5-11/h3-6,15,17H,2,7-14H2,1H3,(H,27,33)(H,28,29);1-7,10H,9H2,(H,18,21)(H,19,20). The van der Waals surface area contributed by atoms with E-state index in [-0.39, 0.29) is 11.1 Å². The van der Waals surface area contributed by atoms with Crippen molar-refractivity contribution in [1.29, 1.82) is 10.5 Å². The number of hydrogen-bond acceptors (Lipinski definition) is 12. The second-order valence-corrected chi connectivity index (χ2v) is 13.2. The molecule has 2 fully saturated rings. The van der Waals surface area contributed by atoms with E-state index in [2.05, 4.69) is 71.5 Å². The Kier molecular flexibility index (Phi) is 11.3. The third-order valence-electron chi connectivity index (χ3n) is 9.87. The van der Waals surface area contributed by atoms with E-state index in [1.54, 1.807) is 6.07 Å². The number of piperazine rings is 1. The minimum absolute atomic E-state index is 0.257. The summed E-state index contributed by atoms with van der Waals surface area (Å²) in [5.41, 5.74) is 3.35. The van der Waals surface area contributed by atoms with Crippen molar-refractivity contribution in [3.63, 3.8) is 0 Å². The molecule has 6 aromatic rings.